The summed E-state index contributed by atoms with van der Waals surface area (Å²) in [5, 5.41) is 0. The highest BCUT2D eigenvalue weighted by atomic mass is 35.5. The Morgan fingerprint density at radius 2 is 2.06 bits per heavy atom. The minimum Gasteiger partial charge on any atom is -0.396 e. The lowest BCUT2D eigenvalue weighted by Crippen LogP contribution is -2.17. The van der Waals surface area contributed by atoms with Crippen LogP contribution in [0.2, 0.25) is 4.34 Å². The zero-order chi connectivity index (χ0) is 13.1. The molecule has 0 fully saturated rings. The van der Waals surface area contributed by atoms with Crippen LogP contribution in [-0.2, 0) is 13.1 Å². The molecule has 0 atom stereocenters. The van der Waals surface area contributed by atoms with E-state index in [1.54, 1.807) is 17.4 Å². The zero-order valence-electron chi connectivity index (χ0n) is 9.99. The Morgan fingerprint density at radius 3 is 2.72 bits per heavy atom. The van der Waals surface area contributed by atoms with E-state index in [1.165, 1.54) is 10.9 Å². The van der Waals surface area contributed by atoms with Crippen molar-refractivity contribution < 1.29 is 4.39 Å². The summed E-state index contributed by atoms with van der Waals surface area (Å²) in [6.45, 7) is 1.38. The van der Waals surface area contributed by atoms with Crippen molar-refractivity contribution in [3.8, 4) is 0 Å². The van der Waals surface area contributed by atoms with Crippen molar-refractivity contribution in [2.45, 2.75) is 13.1 Å². The second-order valence-electron chi connectivity index (χ2n) is 4.19. The summed E-state index contributed by atoms with van der Waals surface area (Å²) in [5.41, 5.74) is 6.74. The van der Waals surface area contributed by atoms with Gasteiger partial charge in [0.1, 0.15) is 5.82 Å². The molecule has 2 rings (SSSR count). The van der Waals surface area contributed by atoms with E-state index in [4.69, 9.17) is 17.3 Å². The molecule has 0 aliphatic rings. The van der Waals surface area contributed by atoms with E-state index in [9.17, 15) is 4.39 Å². The van der Waals surface area contributed by atoms with Crippen LogP contribution in [0.25, 0.3) is 0 Å². The molecule has 2 nitrogen and oxygen atoms in total. The number of thiophene rings is 1. The predicted molar refractivity (Wildman–Crippen MR) is 75.3 cm³/mol. The van der Waals surface area contributed by atoms with Crippen LogP contribution >= 0.6 is 22.9 Å². The van der Waals surface area contributed by atoms with Crippen molar-refractivity contribution in [3.63, 3.8) is 0 Å². The molecule has 0 saturated carbocycles. The van der Waals surface area contributed by atoms with Gasteiger partial charge in [-0.05, 0) is 30.8 Å². The summed E-state index contributed by atoms with van der Waals surface area (Å²) in [7, 11) is 1.97. The fourth-order valence-corrected chi connectivity index (χ4v) is 2.94. The molecule has 0 saturated heterocycles. The highest BCUT2D eigenvalue weighted by molar-refractivity contribution is 7.16. The standard InChI is InChI=1S/C13H14ClFN2S/c1-17(8-10-5-6-12(14)18-10)7-9-3-2-4-11(15)13(9)16/h2-6H,7-8,16H2,1H3. The number of benzene rings is 1. The van der Waals surface area contributed by atoms with Crippen LogP contribution < -0.4 is 5.73 Å². The van der Waals surface area contributed by atoms with Crippen molar-refractivity contribution in [2.75, 3.05) is 12.8 Å². The number of rotatable bonds is 4. The molecule has 0 bridgehead atoms. The number of anilines is 1. The summed E-state index contributed by atoms with van der Waals surface area (Å²) in [6, 6.07) is 8.77. The van der Waals surface area contributed by atoms with Crippen molar-refractivity contribution in [2.24, 2.45) is 0 Å². The highest BCUT2D eigenvalue weighted by Crippen LogP contribution is 2.23. The van der Waals surface area contributed by atoms with E-state index in [2.05, 4.69) is 4.90 Å². The number of nitrogens with zero attached hydrogens (tertiary/aromatic N) is 1. The highest BCUT2D eigenvalue weighted by Gasteiger charge is 2.08. The Labute approximate surface area is 115 Å². The average Bonchev–Trinajstić information content (AvgIpc) is 2.70. The molecule has 0 aliphatic heterocycles. The zero-order valence-corrected chi connectivity index (χ0v) is 11.6. The van der Waals surface area contributed by atoms with Crippen LogP contribution in [0, 0.1) is 5.82 Å². The molecule has 0 radical (unpaired) electrons. The smallest absolute Gasteiger partial charge is 0.146 e. The lowest BCUT2D eigenvalue weighted by Gasteiger charge is -2.17. The molecule has 1 aromatic carbocycles. The van der Waals surface area contributed by atoms with E-state index >= 15 is 0 Å². The number of para-hydroxylation sites is 1. The second kappa shape index (κ2) is 5.69. The fourth-order valence-electron chi connectivity index (χ4n) is 1.77. The van der Waals surface area contributed by atoms with E-state index in [0.29, 0.717) is 6.54 Å². The van der Waals surface area contributed by atoms with Crippen LogP contribution in [-0.4, -0.2) is 11.9 Å². The molecule has 2 N–H and O–H groups in total. The molecule has 1 aromatic heterocycles. The first kappa shape index (κ1) is 13.3. The summed E-state index contributed by atoms with van der Waals surface area (Å²) in [4.78, 5) is 3.25. The van der Waals surface area contributed by atoms with Gasteiger partial charge >= 0.3 is 0 Å². The van der Waals surface area contributed by atoms with Gasteiger partial charge in [-0.15, -0.1) is 11.3 Å². The first-order chi connectivity index (χ1) is 8.56. The molecular weight excluding hydrogens is 271 g/mol. The number of nitrogens with two attached hydrogens (primary N) is 1. The summed E-state index contributed by atoms with van der Waals surface area (Å²) >= 11 is 7.43. The predicted octanol–water partition coefficient (Wildman–Crippen LogP) is 3.75. The normalized spacial score (nSPS) is 11.1. The number of hydrogen-bond donors (Lipinski definition) is 1. The van der Waals surface area contributed by atoms with Gasteiger partial charge in [-0.3, -0.25) is 4.90 Å². The van der Waals surface area contributed by atoms with Gasteiger partial charge in [0.25, 0.3) is 0 Å². The first-order valence-corrected chi connectivity index (χ1v) is 6.71. The van der Waals surface area contributed by atoms with E-state index in [-0.39, 0.29) is 11.5 Å². The van der Waals surface area contributed by atoms with Gasteiger partial charge in [-0.2, -0.15) is 0 Å². The van der Waals surface area contributed by atoms with Crippen LogP contribution in [0.15, 0.2) is 30.3 Å². The molecule has 2 aromatic rings. The maximum atomic E-state index is 13.3. The van der Waals surface area contributed by atoms with Gasteiger partial charge in [0.15, 0.2) is 0 Å². The van der Waals surface area contributed by atoms with Crippen LogP contribution in [0.4, 0.5) is 10.1 Å². The SMILES string of the molecule is CN(Cc1ccc(Cl)s1)Cc1cccc(F)c1N. The Morgan fingerprint density at radius 1 is 1.28 bits per heavy atom. The third-order valence-corrected chi connectivity index (χ3v) is 3.85. The monoisotopic (exact) mass is 284 g/mol. The molecule has 5 heteroatoms. The van der Waals surface area contributed by atoms with Crippen molar-refractivity contribution >= 4 is 28.6 Å². The maximum Gasteiger partial charge on any atom is 0.146 e. The van der Waals surface area contributed by atoms with Crippen molar-refractivity contribution in [3.05, 3.63) is 50.9 Å². The largest absolute Gasteiger partial charge is 0.396 e. The Balaban J connectivity index is 2.03. The average molecular weight is 285 g/mol. The van der Waals surface area contributed by atoms with Crippen LogP contribution in [0.5, 0.6) is 0 Å². The molecule has 0 amide bonds. The lowest BCUT2D eigenvalue weighted by molar-refractivity contribution is 0.322. The van der Waals surface area contributed by atoms with Crippen LogP contribution in [0.3, 0.4) is 0 Å². The Bertz CT molecular complexity index is 542. The molecule has 18 heavy (non-hydrogen) atoms. The van der Waals surface area contributed by atoms with Crippen molar-refractivity contribution in [1.82, 2.24) is 4.90 Å². The quantitative estimate of drug-likeness (QED) is 0.866. The van der Waals surface area contributed by atoms with Gasteiger partial charge in [0, 0.05) is 18.0 Å². The molecule has 0 unspecified atom stereocenters. The number of halogens is 2. The van der Waals surface area contributed by atoms with Gasteiger partial charge < -0.3 is 5.73 Å². The van der Waals surface area contributed by atoms with Gasteiger partial charge in [-0.25, -0.2) is 4.39 Å². The van der Waals surface area contributed by atoms with E-state index in [0.717, 1.165) is 16.4 Å². The molecule has 0 spiro atoms. The molecular formula is C13H14ClFN2S. The van der Waals surface area contributed by atoms with Crippen LogP contribution in [0.1, 0.15) is 10.4 Å². The lowest BCUT2D eigenvalue weighted by atomic mass is 10.1. The minimum atomic E-state index is -0.361. The molecule has 1 heterocycles. The van der Waals surface area contributed by atoms with Gasteiger partial charge in [0.2, 0.25) is 0 Å². The summed E-state index contributed by atoms with van der Waals surface area (Å²) in [5.74, 6) is -0.361. The van der Waals surface area contributed by atoms with Gasteiger partial charge in [0.05, 0.1) is 10.0 Å². The third kappa shape index (κ3) is 3.22. The number of nitrogen functional groups attached to an aromatic ring is 1. The second-order valence-corrected chi connectivity index (χ2v) is 5.99. The topological polar surface area (TPSA) is 29.3 Å². The van der Waals surface area contributed by atoms with E-state index in [1.807, 2.05) is 25.2 Å². The summed E-state index contributed by atoms with van der Waals surface area (Å²) in [6.07, 6.45) is 0. The Hall–Kier alpha value is -1.10. The Kier molecular flexibility index (Phi) is 4.22. The van der Waals surface area contributed by atoms with Gasteiger partial charge in [-0.1, -0.05) is 23.7 Å². The molecule has 96 valence electrons. The minimum absolute atomic E-state index is 0.230. The maximum absolute atomic E-state index is 13.3. The van der Waals surface area contributed by atoms with E-state index < -0.39 is 0 Å². The van der Waals surface area contributed by atoms with Crippen molar-refractivity contribution in [1.29, 1.82) is 0 Å². The number of hydrogen-bond acceptors (Lipinski definition) is 3. The molecule has 0 aliphatic carbocycles. The summed E-state index contributed by atoms with van der Waals surface area (Å²) < 4.78 is 14.1. The third-order valence-electron chi connectivity index (χ3n) is 2.64. The fraction of sp³-hybridized carbons (Fsp3) is 0.231. The first-order valence-electron chi connectivity index (χ1n) is 5.52.